The molecular formula is C23H48O2Si2. The molecule has 0 aliphatic carbocycles. The largest absolute Gasteiger partial charge is 0.549 e. The molecule has 1 N–H and O–H groups in total. The van der Waals surface area contributed by atoms with Crippen molar-refractivity contribution in [1.29, 1.82) is 0 Å². The van der Waals surface area contributed by atoms with Crippen LogP contribution < -0.4 is 0 Å². The van der Waals surface area contributed by atoms with Crippen LogP contribution in [0.5, 0.6) is 0 Å². The van der Waals surface area contributed by atoms with Crippen LogP contribution in [-0.2, 0) is 4.43 Å². The van der Waals surface area contributed by atoms with E-state index < -0.39 is 16.4 Å². The van der Waals surface area contributed by atoms with Gasteiger partial charge in [-0.2, -0.15) is 0 Å². The van der Waals surface area contributed by atoms with Gasteiger partial charge in [-0.15, -0.1) is 0 Å². The lowest BCUT2D eigenvalue weighted by Gasteiger charge is -2.35. The molecule has 0 aliphatic rings. The average Bonchev–Trinajstić information content (AvgIpc) is 2.49. The summed E-state index contributed by atoms with van der Waals surface area (Å²) in [6.45, 7) is 20.8. The average molecular weight is 413 g/mol. The van der Waals surface area contributed by atoms with Crippen molar-refractivity contribution >= 4 is 16.4 Å². The predicted molar refractivity (Wildman–Crippen MR) is 128 cm³/mol. The van der Waals surface area contributed by atoms with Crippen LogP contribution in [0.3, 0.4) is 0 Å². The maximum Gasteiger partial charge on any atom is 0.249 e. The van der Waals surface area contributed by atoms with Crippen molar-refractivity contribution in [2.24, 2.45) is 0 Å². The van der Waals surface area contributed by atoms with Crippen LogP contribution in [0, 0.1) is 0 Å². The molecule has 0 aromatic rings. The molecule has 0 spiro atoms. The second kappa shape index (κ2) is 12.3. The third-order valence-corrected chi connectivity index (χ3v) is 11.2. The molecule has 0 rings (SSSR count). The van der Waals surface area contributed by atoms with E-state index in [-0.39, 0.29) is 11.1 Å². The fourth-order valence-electron chi connectivity index (χ4n) is 2.76. The van der Waals surface area contributed by atoms with E-state index in [1.165, 1.54) is 24.8 Å². The molecule has 1 atom stereocenters. The van der Waals surface area contributed by atoms with Crippen molar-refractivity contribution in [1.82, 2.24) is 0 Å². The first-order valence-electron chi connectivity index (χ1n) is 11.0. The summed E-state index contributed by atoms with van der Waals surface area (Å²) >= 11 is 0. The van der Waals surface area contributed by atoms with E-state index in [0.29, 0.717) is 0 Å². The number of aliphatic hydroxyl groups excluding tert-OH is 1. The molecule has 0 heterocycles. The zero-order valence-corrected chi connectivity index (χ0v) is 21.8. The highest BCUT2D eigenvalue weighted by Crippen LogP contribution is 2.37. The minimum Gasteiger partial charge on any atom is -0.549 e. The third-order valence-electron chi connectivity index (χ3n) is 5.39. The smallest absolute Gasteiger partial charge is 0.249 e. The number of allylic oxidation sites excluding steroid dienone is 2. The first kappa shape index (κ1) is 26.7. The molecule has 4 heteroatoms. The summed E-state index contributed by atoms with van der Waals surface area (Å²) in [7, 11) is -3.03. The maximum absolute atomic E-state index is 10.6. The lowest BCUT2D eigenvalue weighted by Crippen LogP contribution is -2.39. The van der Waals surface area contributed by atoms with Gasteiger partial charge in [0.2, 0.25) is 8.32 Å². The SMILES string of the molecule is CC/C=C\CCCCCC(O)C/C(=C/O[Si](C)(C)C(C)(C)C)C[Si](C)(C)C. The van der Waals surface area contributed by atoms with Crippen LogP contribution in [0.4, 0.5) is 0 Å². The van der Waals surface area contributed by atoms with E-state index in [1.54, 1.807) is 0 Å². The van der Waals surface area contributed by atoms with Crippen molar-refractivity contribution < 1.29 is 9.53 Å². The Kier molecular flexibility index (Phi) is 12.1. The van der Waals surface area contributed by atoms with Gasteiger partial charge in [-0.1, -0.05) is 72.3 Å². The van der Waals surface area contributed by atoms with Gasteiger partial charge in [-0.3, -0.25) is 0 Å². The van der Waals surface area contributed by atoms with Crippen LogP contribution in [-0.4, -0.2) is 27.6 Å². The van der Waals surface area contributed by atoms with Gasteiger partial charge in [0.05, 0.1) is 12.4 Å². The Hall–Kier alpha value is -0.326. The predicted octanol–water partition coefficient (Wildman–Crippen LogP) is 7.90. The first-order chi connectivity index (χ1) is 12.3. The molecule has 0 saturated heterocycles. The van der Waals surface area contributed by atoms with Crippen LogP contribution >= 0.6 is 0 Å². The molecule has 0 aromatic carbocycles. The lowest BCUT2D eigenvalue weighted by molar-refractivity contribution is 0.160. The standard InChI is InChI=1S/C23H48O2Si2/c1-10-11-12-13-14-15-16-17-22(24)18-21(20-26(5,6)7)19-25-27(8,9)23(2,3)4/h11-12,19,22,24H,10,13-18,20H2,1-9H3/b12-11-,21-19-. The van der Waals surface area contributed by atoms with Gasteiger partial charge in [-0.25, -0.2) is 0 Å². The Labute approximate surface area is 172 Å². The van der Waals surface area contributed by atoms with Gasteiger partial charge in [0.1, 0.15) is 0 Å². The van der Waals surface area contributed by atoms with Crippen LogP contribution in [0.2, 0.25) is 43.8 Å². The normalized spacial score (nSPS) is 15.4. The number of aliphatic hydroxyl groups is 1. The second-order valence-electron chi connectivity index (χ2n) is 10.8. The number of unbranched alkanes of at least 4 members (excludes halogenated alkanes) is 3. The van der Waals surface area contributed by atoms with Crippen LogP contribution in [0.1, 0.15) is 72.6 Å². The molecule has 0 aromatic heterocycles. The van der Waals surface area contributed by atoms with Gasteiger partial charge >= 0.3 is 0 Å². The Bertz CT molecular complexity index is 454. The summed E-state index contributed by atoms with van der Waals surface area (Å²) in [6, 6.07) is 1.11. The Morgan fingerprint density at radius 3 is 2.15 bits per heavy atom. The molecule has 0 aliphatic heterocycles. The Balaban J connectivity index is 4.64. The van der Waals surface area contributed by atoms with Gasteiger partial charge in [-0.05, 0) is 61.9 Å². The zero-order valence-electron chi connectivity index (χ0n) is 19.8. The molecule has 1 unspecified atom stereocenters. The van der Waals surface area contributed by atoms with Crippen molar-refractivity contribution in [3.63, 3.8) is 0 Å². The molecule has 0 bridgehead atoms. The van der Waals surface area contributed by atoms with Crippen molar-refractivity contribution in [3.05, 3.63) is 24.0 Å². The molecule has 0 fully saturated rings. The topological polar surface area (TPSA) is 29.5 Å². The van der Waals surface area contributed by atoms with Crippen molar-refractivity contribution in [2.75, 3.05) is 0 Å². The molecule has 27 heavy (non-hydrogen) atoms. The van der Waals surface area contributed by atoms with Crippen molar-refractivity contribution in [3.8, 4) is 0 Å². The van der Waals surface area contributed by atoms with E-state index >= 15 is 0 Å². The van der Waals surface area contributed by atoms with Gasteiger partial charge in [0, 0.05) is 8.07 Å². The van der Waals surface area contributed by atoms with E-state index in [0.717, 1.165) is 31.7 Å². The highest BCUT2D eigenvalue weighted by Gasteiger charge is 2.38. The van der Waals surface area contributed by atoms with Crippen LogP contribution in [0.15, 0.2) is 24.0 Å². The molecule has 160 valence electrons. The lowest BCUT2D eigenvalue weighted by atomic mass is 10.0. The summed E-state index contributed by atoms with van der Waals surface area (Å²) < 4.78 is 6.36. The zero-order chi connectivity index (χ0) is 21.1. The maximum atomic E-state index is 10.6. The van der Waals surface area contributed by atoms with Gasteiger partial charge in [0.15, 0.2) is 0 Å². The van der Waals surface area contributed by atoms with E-state index in [4.69, 9.17) is 4.43 Å². The minimum atomic E-state index is -1.79. The summed E-state index contributed by atoms with van der Waals surface area (Å²) in [6.07, 6.45) is 13.9. The molecular weight excluding hydrogens is 364 g/mol. The summed E-state index contributed by atoms with van der Waals surface area (Å²) in [4.78, 5) is 0. The highest BCUT2D eigenvalue weighted by molar-refractivity contribution is 6.76. The third kappa shape index (κ3) is 13.5. The Morgan fingerprint density at radius 2 is 1.63 bits per heavy atom. The molecule has 0 saturated carbocycles. The monoisotopic (exact) mass is 412 g/mol. The van der Waals surface area contributed by atoms with Crippen LogP contribution in [0.25, 0.3) is 0 Å². The van der Waals surface area contributed by atoms with Gasteiger partial charge < -0.3 is 9.53 Å². The minimum absolute atomic E-state index is 0.207. The number of rotatable bonds is 13. The Morgan fingerprint density at radius 1 is 1.00 bits per heavy atom. The summed E-state index contributed by atoms with van der Waals surface area (Å²) in [5.74, 6) is 0. The fraction of sp³-hybridized carbons (Fsp3) is 0.826. The number of hydrogen-bond acceptors (Lipinski definition) is 2. The number of hydrogen-bond donors (Lipinski definition) is 1. The van der Waals surface area contributed by atoms with E-state index in [2.05, 4.69) is 72.6 Å². The quantitative estimate of drug-likeness (QED) is 0.144. The first-order valence-corrected chi connectivity index (χ1v) is 17.6. The van der Waals surface area contributed by atoms with E-state index in [1.807, 2.05) is 6.26 Å². The van der Waals surface area contributed by atoms with E-state index in [9.17, 15) is 5.11 Å². The highest BCUT2D eigenvalue weighted by atomic mass is 28.4. The summed E-state index contributed by atoms with van der Waals surface area (Å²) in [5.41, 5.74) is 1.32. The molecule has 0 amide bonds. The van der Waals surface area contributed by atoms with Crippen molar-refractivity contribution in [2.45, 2.75) is 123 Å². The molecule has 2 nitrogen and oxygen atoms in total. The molecule has 0 radical (unpaired) electrons. The summed E-state index contributed by atoms with van der Waals surface area (Å²) in [5, 5.41) is 10.8. The fourth-order valence-corrected chi connectivity index (χ4v) is 5.16. The van der Waals surface area contributed by atoms with Gasteiger partial charge in [0.25, 0.3) is 0 Å². The second-order valence-corrected chi connectivity index (χ2v) is 21.0.